The second-order valence-electron chi connectivity index (χ2n) is 6.60. The molecule has 9 nitrogen and oxygen atoms in total. The van der Waals surface area contributed by atoms with Crippen molar-refractivity contribution < 1.29 is 18.4 Å². The number of nitrogens with zero attached hydrogens (tertiary/aromatic N) is 6. The molecule has 0 spiro atoms. The van der Waals surface area contributed by atoms with Gasteiger partial charge in [-0.3, -0.25) is 14.5 Å². The number of halogens is 2. The zero-order chi connectivity index (χ0) is 20.5. The minimum Gasteiger partial charge on any atom is -0.337 e. The first-order valence-corrected chi connectivity index (χ1v) is 8.86. The highest BCUT2D eigenvalue weighted by atomic mass is 19.2. The Morgan fingerprint density at radius 1 is 1.31 bits per heavy atom. The summed E-state index contributed by atoms with van der Waals surface area (Å²) in [6, 6.07) is 4.78. The average molecular weight is 401 g/mol. The molecule has 1 N–H and O–H groups in total. The molecule has 1 atom stereocenters. The molecular formula is C18H17F2N7O2. The van der Waals surface area contributed by atoms with Gasteiger partial charge < -0.3 is 5.32 Å². The highest BCUT2D eigenvalue weighted by Gasteiger charge is 2.30. The number of aryl methyl sites for hydroxylation is 1. The molecule has 0 radical (unpaired) electrons. The smallest absolute Gasteiger partial charge is 0.291 e. The number of benzene rings is 1. The molecule has 0 saturated heterocycles. The lowest BCUT2D eigenvalue weighted by Gasteiger charge is -2.19. The number of hydrogen-bond acceptors (Lipinski definition) is 5. The summed E-state index contributed by atoms with van der Waals surface area (Å²) in [5, 5.41) is 10.8. The second kappa shape index (κ2) is 7.41. The standard InChI is InChI=1S/C18H17F2N7O2/c1-25-14-5-7-22-27(14)8-6-13(18(25)29)23-17(28)16-21-10-26(24-16)9-11-3-2-4-12(19)15(11)20/h2-5,7,10,13H,6,8-9H2,1H3,(H,23,28). The Morgan fingerprint density at radius 2 is 2.14 bits per heavy atom. The second-order valence-corrected chi connectivity index (χ2v) is 6.60. The molecule has 29 heavy (non-hydrogen) atoms. The van der Waals surface area contributed by atoms with Gasteiger partial charge in [0.25, 0.3) is 11.8 Å². The Morgan fingerprint density at radius 3 is 2.97 bits per heavy atom. The van der Waals surface area contributed by atoms with Crippen LogP contribution in [0.5, 0.6) is 0 Å². The molecule has 0 bridgehead atoms. The van der Waals surface area contributed by atoms with E-state index in [0.717, 1.165) is 6.07 Å². The number of aromatic nitrogens is 5. The molecule has 3 aromatic rings. The summed E-state index contributed by atoms with van der Waals surface area (Å²) < 4.78 is 30.0. The van der Waals surface area contributed by atoms with Gasteiger partial charge in [-0.25, -0.2) is 23.1 Å². The molecule has 150 valence electrons. The quantitative estimate of drug-likeness (QED) is 0.703. The fourth-order valence-electron chi connectivity index (χ4n) is 3.18. The van der Waals surface area contributed by atoms with Gasteiger partial charge >= 0.3 is 0 Å². The van der Waals surface area contributed by atoms with Crippen LogP contribution in [0, 0.1) is 11.6 Å². The Hall–Kier alpha value is -3.63. The molecule has 0 aliphatic carbocycles. The van der Waals surface area contributed by atoms with E-state index in [2.05, 4.69) is 20.5 Å². The highest BCUT2D eigenvalue weighted by molar-refractivity contribution is 6.00. The zero-order valence-electron chi connectivity index (χ0n) is 15.4. The maximum absolute atomic E-state index is 13.8. The summed E-state index contributed by atoms with van der Waals surface area (Å²) in [6.45, 7) is 0.375. The summed E-state index contributed by atoms with van der Waals surface area (Å²) in [4.78, 5) is 30.5. The fraction of sp³-hybridized carbons (Fsp3) is 0.278. The van der Waals surface area contributed by atoms with Crippen LogP contribution in [0.15, 0.2) is 36.8 Å². The van der Waals surface area contributed by atoms with Gasteiger partial charge in [0.15, 0.2) is 11.6 Å². The Bertz CT molecular complexity index is 1080. The molecular weight excluding hydrogens is 384 g/mol. The lowest BCUT2D eigenvalue weighted by atomic mass is 10.2. The molecule has 1 aromatic carbocycles. The van der Waals surface area contributed by atoms with Crippen molar-refractivity contribution >= 4 is 17.6 Å². The van der Waals surface area contributed by atoms with Crippen molar-refractivity contribution in [3.05, 3.63) is 59.8 Å². The summed E-state index contributed by atoms with van der Waals surface area (Å²) in [5.41, 5.74) is 0.0804. The monoisotopic (exact) mass is 401 g/mol. The predicted octanol–water partition coefficient (Wildman–Crippen LogP) is 0.966. The molecule has 0 fully saturated rings. The maximum Gasteiger partial charge on any atom is 0.291 e. The van der Waals surface area contributed by atoms with E-state index in [4.69, 9.17) is 0 Å². The molecule has 2 amide bonds. The van der Waals surface area contributed by atoms with Crippen molar-refractivity contribution in [1.82, 2.24) is 29.9 Å². The first-order valence-electron chi connectivity index (χ1n) is 8.86. The van der Waals surface area contributed by atoms with Gasteiger partial charge in [-0.2, -0.15) is 5.10 Å². The number of fused-ring (bicyclic) bond motifs is 1. The molecule has 4 rings (SSSR count). The van der Waals surface area contributed by atoms with E-state index < -0.39 is 23.6 Å². The number of carbonyl (C=O) groups excluding carboxylic acids is 2. The van der Waals surface area contributed by atoms with Crippen molar-refractivity contribution in [3.63, 3.8) is 0 Å². The van der Waals surface area contributed by atoms with Gasteiger partial charge in [-0.1, -0.05) is 12.1 Å². The number of rotatable bonds is 4. The van der Waals surface area contributed by atoms with Crippen molar-refractivity contribution in [3.8, 4) is 0 Å². The van der Waals surface area contributed by atoms with E-state index in [1.54, 1.807) is 24.0 Å². The van der Waals surface area contributed by atoms with Gasteiger partial charge in [-0.05, 0) is 12.5 Å². The number of likely N-dealkylation sites (N-methyl/N-ethyl adjacent to an activating group) is 1. The van der Waals surface area contributed by atoms with E-state index in [1.807, 2.05) is 0 Å². The van der Waals surface area contributed by atoms with Crippen molar-refractivity contribution in [2.24, 2.45) is 0 Å². The Balaban J connectivity index is 1.45. The zero-order valence-corrected chi connectivity index (χ0v) is 15.4. The van der Waals surface area contributed by atoms with Crippen molar-refractivity contribution in [1.29, 1.82) is 0 Å². The van der Waals surface area contributed by atoms with Crippen LogP contribution in [0.3, 0.4) is 0 Å². The summed E-state index contributed by atoms with van der Waals surface area (Å²) in [6.07, 6.45) is 3.21. The fourth-order valence-corrected chi connectivity index (χ4v) is 3.18. The highest BCUT2D eigenvalue weighted by Crippen LogP contribution is 2.19. The van der Waals surface area contributed by atoms with Gasteiger partial charge in [0.2, 0.25) is 5.82 Å². The van der Waals surface area contributed by atoms with Crippen molar-refractivity contribution in [2.75, 3.05) is 11.9 Å². The number of anilines is 1. The maximum atomic E-state index is 13.8. The number of hydrogen-bond donors (Lipinski definition) is 1. The minimum atomic E-state index is -0.974. The average Bonchev–Trinajstić information content (AvgIpc) is 3.35. The summed E-state index contributed by atoms with van der Waals surface area (Å²) in [5.74, 6) is -2.37. The van der Waals surface area contributed by atoms with Crippen LogP contribution in [0.25, 0.3) is 0 Å². The first-order chi connectivity index (χ1) is 13.9. The van der Waals surface area contributed by atoms with Gasteiger partial charge in [0.05, 0.1) is 12.7 Å². The van der Waals surface area contributed by atoms with Gasteiger partial charge in [-0.15, -0.1) is 5.10 Å². The lowest BCUT2D eigenvalue weighted by molar-refractivity contribution is -0.120. The molecule has 0 saturated carbocycles. The van der Waals surface area contributed by atoms with Crippen LogP contribution < -0.4 is 10.2 Å². The summed E-state index contributed by atoms with van der Waals surface area (Å²) in [7, 11) is 1.61. The van der Waals surface area contributed by atoms with E-state index in [-0.39, 0.29) is 23.8 Å². The lowest BCUT2D eigenvalue weighted by Crippen LogP contribution is -2.47. The molecule has 2 aromatic heterocycles. The van der Waals surface area contributed by atoms with E-state index in [1.165, 1.54) is 28.0 Å². The van der Waals surface area contributed by atoms with Crippen LogP contribution in [-0.4, -0.2) is 49.4 Å². The third kappa shape index (κ3) is 3.58. The number of carbonyl (C=O) groups is 2. The Kier molecular flexibility index (Phi) is 4.79. The predicted molar refractivity (Wildman–Crippen MR) is 97.0 cm³/mol. The van der Waals surface area contributed by atoms with Crippen LogP contribution in [0.4, 0.5) is 14.6 Å². The summed E-state index contributed by atoms with van der Waals surface area (Å²) >= 11 is 0. The van der Waals surface area contributed by atoms with E-state index in [0.29, 0.717) is 18.8 Å². The molecule has 1 unspecified atom stereocenters. The third-order valence-electron chi connectivity index (χ3n) is 4.70. The van der Waals surface area contributed by atoms with E-state index >= 15 is 0 Å². The minimum absolute atomic E-state index is 0.0804. The first kappa shape index (κ1) is 18.7. The van der Waals surface area contributed by atoms with Crippen LogP contribution in [0.1, 0.15) is 22.6 Å². The van der Waals surface area contributed by atoms with Crippen molar-refractivity contribution in [2.45, 2.75) is 25.6 Å². The topological polar surface area (TPSA) is 97.9 Å². The third-order valence-corrected chi connectivity index (χ3v) is 4.70. The molecule has 11 heteroatoms. The van der Waals surface area contributed by atoms with E-state index in [9.17, 15) is 18.4 Å². The van der Waals surface area contributed by atoms with Crippen LogP contribution in [-0.2, 0) is 17.9 Å². The van der Waals surface area contributed by atoms with Gasteiger partial charge in [0.1, 0.15) is 18.2 Å². The molecule has 3 heterocycles. The van der Waals surface area contributed by atoms with Crippen LogP contribution in [0.2, 0.25) is 0 Å². The molecule has 1 aliphatic rings. The van der Waals surface area contributed by atoms with Gasteiger partial charge in [0, 0.05) is 25.2 Å². The number of nitrogens with one attached hydrogen (secondary N) is 1. The van der Waals surface area contributed by atoms with Crippen LogP contribution >= 0.6 is 0 Å². The Labute approximate surface area is 163 Å². The largest absolute Gasteiger partial charge is 0.337 e. The number of amides is 2. The normalized spacial score (nSPS) is 16.4. The molecule has 1 aliphatic heterocycles. The SMILES string of the molecule is CN1C(=O)C(NC(=O)c2ncn(Cc3cccc(F)c3F)n2)CCn2nccc21.